The molecule has 29 heavy (non-hydrogen) atoms. The molecule has 2 aromatic heterocycles. The number of rotatable bonds is 4. The molecule has 1 aliphatic rings. The predicted octanol–water partition coefficient (Wildman–Crippen LogP) is 2.44. The Morgan fingerprint density at radius 3 is 2.90 bits per heavy atom. The van der Waals surface area contributed by atoms with Crippen LogP contribution < -0.4 is 20.5 Å². The largest absolute Gasteiger partial charge is 0.496 e. The van der Waals surface area contributed by atoms with Gasteiger partial charge in [-0.15, -0.1) is 0 Å². The van der Waals surface area contributed by atoms with Crippen LogP contribution >= 0.6 is 0 Å². The van der Waals surface area contributed by atoms with Crippen molar-refractivity contribution in [1.29, 1.82) is 0 Å². The Kier molecular flexibility index (Phi) is 5.26. The Morgan fingerprint density at radius 1 is 1.24 bits per heavy atom. The Bertz CT molecular complexity index is 1080. The number of aryl methyl sites for hydroxylation is 1. The Balaban J connectivity index is 1.64. The molecule has 0 spiro atoms. The molecule has 0 aliphatic carbocycles. The van der Waals surface area contributed by atoms with Gasteiger partial charge in [0.25, 0.3) is 5.56 Å². The van der Waals surface area contributed by atoms with Crippen molar-refractivity contribution in [3.8, 4) is 17.0 Å². The van der Waals surface area contributed by atoms with Crippen LogP contribution in [0.15, 0.2) is 47.4 Å². The van der Waals surface area contributed by atoms with Gasteiger partial charge in [-0.1, -0.05) is 6.07 Å². The number of nitrogens with one attached hydrogen (secondary N) is 2. The number of hydrogen-bond acceptors (Lipinski definition) is 6. The lowest BCUT2D eigenvalue weighted by atomic mass is 10.0. The SMILES string of the molecule is COc1cc(F)ccc1[C@H]1CN(c2nc(-c3ccnc(C)c3)cc(=O)[nH]2)CCN1. The van der Waals surface area contributed by atoms with Gasteiger partial charge in [0.15, 0.2) is 0 Å². The zero-order valence-corrected chi connectivity index (χ0v) is 16.3. The number of aromatic nitrogens is 3. The fraction of sp³-hybridized carbons (Fsp3) is 0.286. The summed E-state index contributed by atoms with van der Waals surface area (Å²) in [6, 6.07) is 9.66. The number of methoxy groups -OCH3 is 1. The van der Waals surface area contributed by atoms with Gasteiger partial charge in [-0.25, -0.2) is 9.37 Å². The monoisotopic (exact) mass is 395 g/mol. The van der Waals surface area contributed by atoms with Gasteiger partial charge >= 0.3 is 0 Å². The van der Waals surface area contributed by atoms with Gasteiger partial charge in [0.05, 0.1) is 18.8 Å². The number of benzene rings is 1. The molecule has 1 fully saturated rings. The number of H-pyrrole nitrogens is 1. The van der Waals surface area contributed by atoms with E-state index in [1.54, 1.807) is 12.3 Å². The quantitative estimate of drug-likeness (QED) is 0.706. The normalized spacial score (nSPS) is 16.7. The molecule has 0 amide bonds. The van der Waals surface area contributed by atoms with Crippen LogP contribution in [0.1, 0.15) is 17.3 Å². The van der Waals surface area contributed by atoms with Gasteiger partial charge in [0, 0.05) is 54.8 Å². The van der Waals surface area contributed by atoms with E-state index in [0.29, 0.717) is 37.0 Å². The molecule has 0 unspecified atom stereocenters. The molecule has 1 atom stereocenters. The summed E-state index contributed by atoms with van der Waals surface area (Å²) in [6.45, 7) is 3.83. The van der Waals surface area contributed by atoms with Crippen molar-refractivity contribution in [3.63, 3.8) is 0 Å². The zero-order chi connectivity index (χ0) is 20.4. The number of pyridine rings is 1. The third-order valence-corrected chi connectivity index (χ3v) is 4.97. The maximum atomic E-state index is 13.6. The second-order valence-electron chi connectivity index (χ2n) is 6.98. The van der Waals surface area contributed by atoms with Crippen molar-refractivity contribution >= 4 is 5.95 Å². The fourth-order valence-electron chi connectivity index (χ4n) is 3.57. The first-order chi connectivity index (χ1) is 14.0. The van der Waals surface area contributed by atoms with Crippen LogP contribution in [0.2, 0.25) is 0 Å². The Hall–Kier alpha value is -3.26. The van der Waals surface area contributed by atoms with E-state index in [1.807, 2.05) is 24.0 Å². The lowest BCUT2D eigenvalue weighted by Crippen LogP contribution is -2.47. The van der Waals surface area contributed by atoms with E-state index in [0.717, 1.165) is 16.8 Å². The molecule has 8 heteroatoms. The van der Waals surface area contributed by atoms with E-state index in [-0.39, 0.29) is 17.4 Å². The van der Waals surface area contributed by atoms with E-state index in [9.17, 15) is 9.18 Å². The summed E-state index contributed by atoms with van der Waals surface area (Å²) in [4.78, 5) is 26.0. The standard InChI is InChI=1S/C21H22FN5O2/c1-13-9-14(5-6-23-13)17-11-20(28)26-21(25-17)27-8-7-24-18(12-27)16-4-3-15(22)10-19(16)29-2/h3-6,9-11,18,24H,7-8,12H2,1-2H3,(H,25,26,28)/t18-/m1/s1. The van der Waals surface area contributed by atoms with Crippen LogP contribution in [-0.4, -0.2) is 41.7 Å². The molecular weight excluding hydrogens is 373 g/mol. The van der Waals surface area contributed by atoms with Crippen molar-refractivity contribution in [3.05, 3.63) is 70.0 Å². The van der Waals surface area contributed by atoms with Crippen LogP contribution in [0, 0.1) is 12.7 Å². The molecule has 0 bridgehead atoms. The highest BCUT2D eigenvalue weighted by atomic mass is 19.1. The molecule has 0 radical (unpaired) electrons. The van der Waals surface area contributed by atoms with Crippen LogP contribution in [0.3, 0.4) is 0 Å². The summed E-state index contributed by atoms with van der Waals surface area (Å²) in [5.41, 5.74) is 2.95. The minimum absolute atomic E-state index is 0.0866. The minimum Gasteiger partial charge on any atom is -0.496 e. The van der Waals surface area contributed by atoms with Crippen molar-refractivity contribution in [2.45, 2.75) is 13.0 Å². The molecule has 1 aliphatic heterocycles. The van der Waals surface area contributed by atoms with E-state index >= 15 is 0 Å². The molecule has 4 rings (SSSR count). The number of piperazine rings is 1. The summed E-state index contributed by atoms with van der Waals surface area (Å²) >= 11 is 0. The smallest absolute Gasteiger partial charge is 0.252 e. The first-order valence-corrected chi connectivity index (χ1v) is 9.39. The highest BCUT2D eigenvalue weighted by Crippen LogP contribution is 2.29. The summed E-state index contributed by atoms with van der Waals surface area (Å²) in [5.74, 6) is 0.658. The highest BCUT2D eigenvalue weighted by molar-refractivity contribution is 5.60. The van der Waals surface area contributed by atoms with Crippen molar-refractivity contribution in [2.24, 2.45) is 0 Å². The average molecular weight is 395 g/mol. The van der Waals surface area contributed by atoms with E-state index in [4.69, 9.17) is 4.74 Å². The van der Waals surface area contributed by atoms with E-state index < -0.39 is 0 Å². The lowest BCUT2D eigenvalue weighted by molar-refractivity contribution is 0.388. The van der Waals surface area contributed by atoms with E-state index in [1.165, 1.54) is 25.3 Å². The number of nitrogens with zero attached hydrogens (tertiary/aromatic N) is 3. The predicted molar refractivity (Wildman–Crippen MR) is 109 cm³/mol. The van der Waals surface area contributed by atoms with Crippen LogP contribution in [0.5, 0.6) is 5.75 Å². The molecule has 7 nitrogen and oxygen atoms in total. The maximum absolute atomic E-state index is 13.6. The molecule has 3 heterocycles. The minimum atomic E-state index is -0.343. The number of aromatic amines is 1. The summed E-state index contributed by atoms with van der Waals surface area (Å²) < 4.78 is 18.9. The third-order valence-electron chi connectivity index (χ3n) is 4.97. The molecule has 1 aromatic carbocycles. The van der Waals surface area contributed by atoms with Crippen molar-refractivity contribution < 1.29 is 9.13 Å². The topological polar surface area (TPSA) is 83.1 Å². The van der Waals surface area contributed by atoms with Crippen molar-refractivity contribution in [1.82, 2.24) is 20.3 Å². The van der Waals surface area contributed by atoms with Gasteiger partial charge in [0.2, 0.25) is 5.95 Å². The van der Waals surface area contributed by atoms with Crippen molar-refractivity contribution in [2.75, 3.05) is 31.6 Å². The first-order valence-electron chi connectivity index (χ1n) is 9.39. The molecular formula is C21H22FN5O2. The summed E-state index contributed by atoms with van der Waals surface area (Å²) in [7, 11) is 1.53. The molecule has 0 saturated carbocycles. The van der Waals surface area contributed by atoms with Gasteiger partial charge in [-0.3, -0.25) is 14.8 Å². The van der Waals surface area contributed by atoms with E-state index in [2.05, 4.69) is 20.3 Å². The summed E-state index contributed by atoms with van der Waals surface area (Å²) in [6.07, 6.45) is 1.70. The Labute approximate surface area is 167 Å². The van der Waals surface area contributed by atoms with Gasteiger partial charge < -0.3 is 15.0 Å². The van der Waals surface area contributed by atoms with Crippen LogP contribution in [0.25, 0.3) is 11.3 Å². The summed E-state index contributed by atoms with van der Waals surface area (Å²) in [5, 5.41) is 3.43. The second kappa shape index (κ2) is 8.00. The van der Waals surface area contributed by atoms with Gasteiger partial charge in [-0.05, 0) is 25.1 Å². The number of anilines is 1. The molecule has 1 saturated heterocycles. The van der Waals surface area contributed by atoms with Crippen LogP contribution in [-0.2, 0) is 0 Å². The second-order valence-corrected chi connectivity index (χ2v) is 6.98. The molecule has 150 valence electrons. The number of halogens is 1. The average Bonchev–Trinajstić information content (AvgIpc) is 2.73. The first kappa shape index (κ1) is 19.1. The molecule has 3 aromatic rings. The van der Waals surface area contributed by atoms with Crippen LogP contribution in [0.4, 0.5) is 10.3 Å². The zero-order valence-electron chi connectivity index (χ0n) is 16.3. The van der Waals surface area contributed by atoms with Gasteiger partial charge in [-0.2, -0.15) is 0 Å². The lowest BCUT2D eigenvalue weighted by Gasteiger charge is -2.34. The fourth-order valence-corrected chi connectivity index (χ4v) is 3.57. The van der Waals surface area contributed by atoms with Gasteiger partial charge in [0.1, 0.15) is 11.6 Å². The highest BCUT2D eigenvalue weighted by Gasteiger charge is 2.25. The maximum Gasteiger partial charge on any atom is 0.252 e. The number of ether oxygens (including phenoxy) is 1. The molecule has 2 N–H and O–H groups in total. The number of hydrogen-bond donors (Lipinski definition) is 2. The third kappa shape index (κ3) is 4.12. The Morgan fingerprint density at radius 2 is 2.10 bits per heavy atom.